The molecular formula is C22H24N6O. The van der Waals surface area contributed by atoms with E-state index >= 15 is 0 Å². The molecule has 4 N–H and O–H groups in total. The van der Waals surface area contributed by atoms with E-state index in [0.29, 0.717) is 17.1 Å². The Morgan fingerprint density at radius 1 is 1.14 bits per heavy atom. The molecular weight excluding hydrogens is 364 g/mol. The largest absolute Gasteiger partial charge is 0.397 e. The molecule has 4 rings (SSSR count). The highest BCUT2D eigenvalue weighted by atomic mass is 16.1. The Morgan fingerprint density at radius 3 is 2.83 bits per heavy atom. The molecule has 0 saturated carbocycles. The average Bonchev–Trinajstić information content (AvgIpc) is 2.75. The van der Waals surface area contributed by atoms with Gasteiger partial charge in [0.25, 0.3) is 0 Å². The number of pyridine rings is 3. The number of piperidine rings is 1. The monoisotopic (exact) mass is 388 g/mol. The smallest absolute Gasteiger partial charge is 0.187 e. The van der Waals surface area contributed by atoms with Gasteiger partial charge in [-0.25, -0.2) is 4.98 Å². The highest BCUT2D eigenvalue weighted by Gasteiger charge is 2.22. The maximum Gasteiger partial charge on any atom is 0.187 e. The lowest BCUT2D eigenvalue weighted by Crippen LogP contribution is -2.43. The van der Waals surface area contributed by atoms with Crippen LogP contribution >= 0.6 is 0 Å². The van der Waals surface area contributed by atoms with Crippen molar-refractivity contribution in [2.75, 3.05) is 23.7 Å². The summed E-state index contributed by atoms with van der Waals surface area (Å²) in [6.45, 7) is 1.70. The first-order valence-electron chi connectivity index (χ1n) is 9.76. The average molecular weight is 388 g/mol. The van der Waals surface area contributed by atoms with Gasteiger partial charge in [-0.2, -0.15) is 0 Å². The van der Waals surface area contributed by atoms with Crippen molar-refractivity contribution < 1.29 is 4.79 Å². The van der Waals surface area contributed by atoms with Crippen LogP contribution in [0.1, 0.15) is 28.9 Å². The van der Waals surface area contributed by atoms with Crippen molar-refractivity contribution in [1.29, 1.82) is 0 Å². The lowest BCUT2D eigenvalue weighted by molar-refractivity contribution is 0.0989. The highest BCUT2D eigenvalue weighted by Crippen LogP contribution is 2.25. The Morgan fingerprint density at radius 2 is 2.03 bits per heavy atom. The molecule has 0 radical (unpaired) electrons. The zero-order valence-electron chi connectivity index (χ0n) is 16.2. The van der Waals surface area contributed by atoms with Gasteiger partial charge in [-0.05, 0) is 43.2 Å². The minimum atomic E-state index is -0.143. The van der Waals surface area contributed by atoms with E-state index in [1.165, 1.54) is 0 Å². The number of ketones is 1. The van der Waals surface area contributed by atoms with Gasteiger partial charge in [-0.1, -0.05) is 6.07 Å². The summed E-state index contributed by atoms with van der Waals surface area (Å²) < 4.78 is 0. The minimum absolute atomic E-state index is 0.143. The fourth-order valence-corrected chi connectivity index (χ4v) is 3.70. The Labute approximate surface area is 169 Å². The van der Waals surface area contributed by atoms with Gasteiger partial charge in [0.05, 0.1) is 17.1 Å². The third-order valence-electron chi connectivity index (χ3n) is 5.15. The summed E-state index contributed by atoms with van der Waals surface area (Å²) in [7, 11) is 0. The first-order valence-corrected chi connectivity index (χ1v) is 9.76. The van der Waals surface area contributed by atoms with Gasteiger partial charge in [0.15, 0.2) is 5.78 Å². The molecule has 0 amide bonds. The van der Waals surface area contributed by atoms with Crippen LogP contribution in [0.25, 0.3) is 11.4 Å². The number of Topliss-reactive ketones (excluding diaryl/α,β-unsaturated/α-hetero) is 1. The quantitative estimate of drug-likeness (QED) is 0.646. The van der Waals surface area contributed by atoms with Crippen molar-refractivity contribution in [1.82, 2.24) is 15.0 Å². The predicted molar refractivity (Wildman–Crippen MR) is 114 cm³/mol. The van der Waals surface area contributed by atoms with E-state index in [-0.39, 0.29) is 23.9 Å². The van der Waals surface area contributed by atoms with Crippen LogP contribution in [-0.4, -0.2) is 39.9 Å². The molecule has 1 fully saturated rings. The molecule has 148 valence electrons. The van der Waals surface area contributed by atoms with Crippen molar-refractivity contribution in [2.24, 2.45) is 5.73 Å². The summed E-state index contributed by atoms with van der Waals surface area (Å²) in [5.74, 6) is -0.143. The Balaban J connectivity index is 1.61. The number of nitrogens with two attached hydrogens (primary N) is 2. The van der Waals surface area contributed by atoms with Gasteiger partial charge in [-0.3, -0.25) is 14.8 Å². The number of hydrogen-bond acceptors (Lipinski definition) is 7. The summed E-state index contributed by atoms with van der Waals surface area (Å²) >= 11 is 0. The summed E-state index contributed by atoms with van der Waals surface area (Å²) in [6.07, 6.45) is 7.43. The fraction of sp³-hybridized carbons (Fsp3) is 0.273. The second-order valence-corrected chi connectivity index (χ2v) is 7.30. The van der Waals surface area contributed by atoms with E-state index < -0.39 is 0 Å². The summed E-state index contributed by atoms with van der Waals surface area (Å²) in [5.41, 5.74) is 16.0. The Kier molecular flexibility index (Phi) is 5.48. The maximum atomic E-state index is 13.1. The van der Waals surface area contributed by atoms with Crippen LogP contribution in [0.5, 0.6) is 0 Å². The number of hydrogen-bond donors (Lipinski definition) is 2. The molecule has 29 heavy (non-hydrogen) atoms. The normalized spacial score (nSPS) is 16.6. The molecule has 0 aliphatic carbocycles. The first kappa shape index (κ1) is 19.0. The van der Waals surface area contributed by atoms with Crippen molar-refractivity contribution in [3.63, 3.8) is 0 Å². The molecule has 7 nitrogen and oxygen atoms in total. The van der Waals surface area contributed by atoms with Gasteiger partial charge < -0.3 is 16.4 Å². The number of nitrogens with zero attached hydrogens (tertiary/aromatic N) is 4. The SMILES string of the molecule is Nc1ccc(-c2ccccn2)nc1C(=O)Cc1cnccc1N1CCC[C@H](N)C1. The van der Waals surface area contributed by atoms with Crippen molar-refractivity contribution in [3.05, 3.63) is 66.2 Å². The summed E-state index contributed by atoms with van der Waals surface area (Å²) in [4.78, 5) is 28.3. The van der Waals surface area contributed by atoms with E-state index in [9.17, 15) is 4.79 Å². The van der Waals surface area contributed by atoms with E-state index in [0.717, 1.165) is 37.2 Å². The van der Waals surface area contributed by atoms with Gasteiger partial charge in [0, 0.05) is 55.4 Å². The third-order valence-corrected chi connectivity index (χ3v) is 5.15. The lowest BCUT2D eigenvalue weighted by atomic mass is 10.0. The van der Waals surface area contributed by atoms with Crippen LogP contribution < -0.4 is 16.4 Å². The predicted octanol–water partition coefficient (Wildman–Crippen LogP) is 2.47. The van der Waals surface area contributed by atoms with Crippen LogP contribution in [0.3, 0.4) is 0 Å². The first-order chi connectivity index (χ1) is 14.1. The molecule has 1 aliphatic rings. The van der Waals surface area contributed by atoms with Crippen LogP contribution in [-0.2, 0) is 6.42 Å². The Bertz CT molecular complexity index is 1010. The molecule has 3 aromatic heterocycles. The number of carbonyl (C=O) groups is 1. The molecule has 1 saturated heterocycles. The maximum absolute atomic E-state index is 13.1. The van der Waals surface area contributed by atoms with Crippen molar-refractivity contribution in [2.45, 2.75) is 25.3 Å². The molecule has 1 atom stereocenters. The third kappa shape index (κ3) is 4.25. The minimum Gasteiger partial charge on any atom is -0.397 e. The van der Waals surface area contributed by atoms with Crippen LogP contribution in [0.4, 0.5) is 11.4 Å². The number of aromatic nitrogens is 3. The van der Waals surface area contributed by atoms with Crippen molar-refractivity contribution >= 4 is 17.2 Å². The van der Waals surface area contributed by atoms with E-state index in [1.807, 2.05) is 24.3 Å². The van der Waals surface area contributed by atoms with Gasteiger partial charge >= 0.3 is 0 Å². The molecule has 0 aromatic carbocycles. The topological polar surface area (TPSA) is 111 Å². The molecule has 3 aromatic rings. The number of anilines is 2. The number of rotatable bonds is 5. The molecule has 0 unspecified atom stereocenters. The summed E-state index contributed by atoms with van der Waals surface area (Å²) in [6, 6.07) is 11.1. The Hall–Kier alpha value is -3.32. The molecule has 7 heteroatoms. The molecule has 0 bridgehead atoms. The number of carbonyl (C=O) groups excluding carboxylic acids is 1. The van der Waals surface area contributed by atoms with Gasteiger partial charge in [-0.15, -0.1) is 0 Å². The van der Waals surface area contributed by atoms with Crippen LogP contribution in [0.2, 0.25) is 0 Å². The fourth-order valence-electron chi connectivity index (χ4n) is 3.70. The van der Waals surface area contributed by atoms with Gasteiger partial charge in [0.2, 0.25) is 0 Å². The van der Waals surface area contributed by atoms with Crippen molar-refractivity contribution in [3.8, 4) is 11.4 Å². The standard InChI is InChI=1S/C22H24N6O/c23-16-4-3-11-28(14-16)20-8-10-25-13-15(20)12-21(29)22-17(24)6-7-19(27-22)18-5-1-2-9-26-18/h1-2,5-10,13,16H,3-4,11-12,14,23-24H2/t16-/m0/s1. The highest BCUT2D eigenvalue weighted by molar-refractivity contribution is 6.01. The van der Waals surface area contributed by atoms with E-state index in [4.69, 9.17) is 11.5 Å². The van der Waals surface area contributed by atoms with Crippen LogP contribution in [0.15, 0.2) is 55.0 Å². The lowest BCUT2D eigenvalue weighted by Gasteiger charge is -2.33. The molecule has 4 heterocycles. The van der Waals surface area contributed by atoms with Gasteiger partial charge in [0.1, 0.15) is 5.69 Å². The zero-order valence-corrected chi connectivity index (χ0v) is 16.2. The second kappa shape index (κ2) is 8.36. The zero-order chi connectivity index (χ0) is 20.2. The van der Waals surface area contributed by atoms with Crippen LogP contribution in [0, 0.1) is 0 Å². The molecule has 0 spiro atoms. The van der Waals surface area contributed by atoms with E-state index in [1.54, 1.807) is 30.7 Å². The summed E-state index contributed by atoms with van der Waals surface area (Å²) in [5, 5.41) is 0. The number of nitrogen functional groups attached to an aromatic ring is 1. The van der Waals surface area contributed by atoms with E-state index in [2.05, 4.69) is 19.9 Å². The second-order valence-electron chi connectivity index (χ2n) is 7.30. The molecule has 1 aliphatic heterocycles.